The molecule has 3 heterocycles. The molecule has 1 amide bonds. The molecule has 0 aromatic carbocycles. The van der Waals surface area contributed by atoms with E-state index in [4.69, 9.17) is 4.74 Å². The lowest BCUT2D eigenvalue weighted by Crippen LogP contribution is -2.33. The van der Waals surface area contributed by atoms with E-state index in [9.17, 15) is 4.79 Å². The summed E-state index contributed by atoms with van der Waals surface area (Å²) in [5.74, 6) is 0.696. The second-order valence-corrected chi connectivity index (χ2v) is 6.42. The van der Waals surface area contributed by atoms with E-state index in [2.05, 4.69) is 22.1 Å². The molecule has 0 bridgehead atoms. The predicted molar refractivity (Wildman–Crippen MR) is 86.2 cm³/mol. The van der Waals surface area contributed by atoms with Crippen LogP contribution in [0.5, 0.6) is 0 Å². The summed E-state index contributed by atoms with van der Waals surface area (Å²) in [6.07, 6.45) is 6.55. The monoisotopic (exact) mass is 303 g/mol. The lowest BCUT2D eigenvalue weighted by atomic mass is 9.99. The van der Waals surface area contributed by atoms with Gasteiger partial charge in [-0.15, -0.1) is 0 Å². The number of nitrogens with zero attached hydrogens (tertiary/aromatic N) is 2. The molecule has 5 nitrogen and oxygen atoms in total. The van der Waals surface area contributed by atoms with Gasteiger partial charge in [-0.05, 0) is 43.7 Å². The van der Waals surface area contributed by atoms with Gasteiger partial charge in [-0.3, -0.25) is 4.79 Å². The summed E-state index contributed by atoms with van der Waals surface area (Å²) in [4.78, 5) is 18.8. The summed E-state index contributed by atoms with van der Waals surface area (Å²) < 4.78 is 5.50. The molecule has 22 heavy (non-hydrogen) atoms. The van der Waals surface area contributed by atoms with Crippen molar-refractivity contribution in [3.63, 3.8) is 0 Å². The molecule has 5 heteroatoms. The fourth-order valence-corrected chi connectivity index (χ4v) is 3.08. The molecular formula is C17H25N3O2. The highest BCUT2D eigenvalue weighted by molar-refractivity contribution is 5.92. The van der Waals surface area contributed by atoms with E-state index in [1.54, 1.807) is 0 Å². The topological polar surface area (TPSA) is 54.5 Å². The molecule has 2 aliphatic rings. The Balaban J connectivity index is 1.53. The minimum atomic E-state index is -0.116. The maximum absolute atomic E-state index is 12.1. The van der Waals surface area contributed by atoms with Gasteiger partial charge in [0.2, 0.25) is 0 Å². The summed E-state index contributed by atoms with van der Waals surface area (Å²) in [6, 6.07) is 3.82. The van der Waals surface area contributed by atoms with Crippen LogP contribution in [-0.2, 0) is 4.74 Å². The average Bonchev–Trinajstić information content (AvgIpc) is 3.07. The molecule has 0 spiro atoms. The summed E-state index contributed by atoms with van der Waals surface area (Å²) in [5, 5.41) is 2.91. The largest absolute Gasteiger partial charge is 0.376 e. The Labute approximate surface area is 132 Å². The van der Waals surface area contributed by atoms with Crippen LogP contribution < -0.4 is 10.2 Å². The van der Waals surface area contributed by atoms with Crippen LogP contribution in [0, 0.1) is 5.92 Å². The maximum Gasteiger partial charge on any atom is 0.269 e. The zero-order valence-electron chi connectivity index (χ0n) is 13.3. The van der Waals surface area contributed by atoms with Gasteiger partial charge in [0.1, 0.15) is 5.69 Å². The molecule has 1 atom stereocenters. The third kappa shape index (κ3) is 3.77. The Bertz CT molecular complexity index is 489. The Morgan fingerprint density at radius 2 is 2.18 bits per heavy atom. The van der Waals surface area contributed by atoms with Gasteiger partial charge in [0.25, 0.3) is 5.91 Å². The molecule has 1 N–H and O–H groups in total. The maximum atomic E-state index is 12.1. The van der Waals surface area contributed by atoms with Crippen LogP contribution in [0.1, 0.15) is 43.1 Å². The highest BCUT2D eigenvalue weighted by Crippen LogP contribution is 2.22. The van der Waals surface area contributed by atoms with Gasteiger partial charge in [-0.1, -0.05) is 6.92 Å². The number of hydrogen-bond donors (Lipinski definition) is 1. The number of rotatable bonds is 4. The normalized spacial score (nSPS) is 22.8. The smallest absolute Gasteiger partial charge is 0.269 e. The lowest BCUT2D eigenvalue weighted by molar-refractivity contribution is 0.0854. The van der Waals surface area contributed by atoms with Crippen molar-refractivity contribution in [1.82, 2.24) is 10.3 Å². The van der Waals surface area contributed by atoms with E-state index in [-0.39, 0.29) is 12.0 Å². The third-order valence-corrected chi connectivity index (χ3v) is 4.64. The molecule has 1 aromatic heterocycles. The first kappa shape index (κ1) is 15.3. The first-order valence-electron chi connectivity index (χ1n) is 8.33. The Morgan fingerprint density at radius 3 is 2.82 bits per heavy atom. The number of carbonyl (C=O) groups is 1. The van der Waals surface area contributed by atoms with Crippen molar-refractivity contribution in [2.45, 2.75) is 38.7 Å². The van der Waals surface area contributed by atoms with Gasteiger partial charge in [-0.2, -0.15) is 0 Å². The van der Waals surface area contributed by atoms with Crippen molar-refractivity contribution in [2.75, 3.05) is 31.1 Å². The number of nitrogens with one attached hydrogen (secondary N) is 1. The number of aromatic nitrogens is 1. The lowest BCUT2D eigenvalue weighted by Gasteiger charge is -2.31. The first-order valence-corrected chi connectivity index (χ1v) is 8.33. The Kier molecular flexibility index (Phi) is 4.93. The fourth-order valence-electron chi connectivity index (χ4n) is 3.08. The highest BCUT2D eigenvalue weighted by atomic mass is 16.5. The highest BCUT2D eigenvalue weighted by Gasteiger charge is 2.18. The number of piperidine rings is 1. The van der Waals surface area contributed by atoms with Crippen molar-refractivity contribution in [3.8, 4) is 0 Å². The average molecular weight is 303 g/mol. The van der Waals surface area contributed by atoms with Crippen LogP contribution in [0.3, 0.4) is 0 Å². The van der Waals surface area contributed by atoms with E-state index >= 15 is 0 Å². The molecule has 0 aliphatic carbocycles. The second kappa shape index (κ2) is 7.09. The van der Waals surface area contributed by atoms with Crippen molar-refractivity contribution in [1.29, 1.82) is 0 Å². The van der Waals surface area contributed by atoms with E-state index in [1.807, 2.05) is 18.3 Å². The number of carbonyl (C=O) groups excluding carboxylic acids is 1. The van der Waals surface area contributed by atoms with E-state index in [0.717, 1.165) is 44.1 Å². The molecular weight excluding hydrogens is 278 g/mol. The molecule has 120 valence electrons. The van der Waals surface area contributed by atoms with Crippen LogP contribution in [-0.4, -0.2) is 43.2 Å². The molecule has 3 rings (SSSR count). The number of anilines is 1. The van der Waals surface area contributed by atoms with Crippen molar-refractivity contribution < 1.29 is 9.53 Å². The minimum Gasteiger partial charge on any atom is -0.376 e. The molecule has 2 saturated heterocycles. The third-order valence-electron chi connectivity index (χ3n) is 4.64. The van der Waals surface area contributed by atoms with E-state index < -0.39 is 0 Å². The molecule has 1 aromatic rings. The number of hydrogen-bond acceptors (Lipinski definition) is 4. The summed E-state index contributed by atoms with van der Waals surface area (Å²) >= 11 is 0. The standard InChI is InChI=1S/C17H25N3O2/c1-13-6-8-20(9-7-13)14-4-5-16(18-11-14)17(21)19-12-15-3-2-10-22-15/h4-5,11,13,15H,2-3,6-10,12H2,1H3,(H,19,21). The van der Waals surface area contributed by atoms with Crippen molar-refractivity contribution in [2.24, 2.45) is 5.92 Å². The summed E-state index contributed by atoms with van der Waals surface area (Å²) in [5.41, 5.74) is 1.59. The van der Waals surface area contributed by atoms with Crippen LogP contribution >= 0.6 is 0 Å². The van der Waals surface area contributed by atoms with Gasteiger partial charge in [0.05, 0.1) is 18.0 Å². The van der Waals surface area contributed by atoms with E-state index in [1.165, 1.54) is 12.8 Å². The van der Waals surface area contributed by atoms with Gasteiger partial charge in [0, 0.05) is 26.2 Å². The second-order valence-electron chi connectivity index (χ2n) is 6.42. The quantitative estimate of drug-likeness (QED) is 0.927. The van der Waals surface area contributed by atoms with Crippen LogP contribution in [0.2, 0.25) is 0 Å². The van der Waals surface area contributed by atoms with Crippen LogP contribution in [0.25, 0.3) is 0 Å². The number of amides is 1. The zero-order chi connectivity index (χ0) is 15.4. The van der Waals surface area contributed by atoms with Gasteiger partial charge in [0.15, 0.2) is 0 Å². The summed E-state index contributed by atoms with van der Waals surface area (Å²) in [6.45, 7) is 5.84. The van der Waals surface area contributed by atoms with E-state index in [0.29, 0.717) is 12.2 Å². The Morgan fingerprint density at radius 1 is 1.36 bits per heavy atom. The molecule has 2 fully saturated rings. The molecule has 0 radical (unpaired) electrons. The summed E-state index contributed by atoms with van der Waals surface area (Å²) in [7, 11) is 0. The Hall–Kier alpha value is -1.62. The van der Waals surface area contributed by atoms with Crippen molar-refractivity contribution >= 4 is 11.6 Å². The molecule has 0 saturated carbocycles. The van der Waals surface area contributed by atoms with Gasteiger partial charge < -0.3 is 15.0 Å². The minimum absolute atomic E-state index is 0.116. The fraction of sp³-hybridized carbons (Fsp3) is 0.647. The predicted octanol–water partition coefficient (Wildman–Crippen LogP) is 2.23. The molecule has 1 unspecified atom stereocenters. The van der Waals surface area contributed by atoms with Gasteiger partial charge in [-0.25, -0.2) is 4.98 Å². The first-order chi connectivity index (χ1) is 10.7. The van der Waals surface area contributed by atoms with Crippen LogP contribution in [0.15, 0.2) is 18.3 Å². The van der Waals surface area contributed by atoms with Crippen LogP contribution in [0.4, 0.5) is 5.69 Å². The molecule has 2 aliphatic heterocycles. The van der Waals surface area contributed by atoms with Gasteiger partial charge >= 0.3 is 0 Å². The van der Waals surface area contributed by atoms with Crippen molar-refractivity contribution in [3.05, 3.63) is 24.0 Å². The number of pyridine rings is 1. The zero-order valence-corrected chi connectivity index (χ0v) is 13.3. The number of ether oxygens (including phenoxy) is 1. The SMILES string of the molecule is CC1CCN(c2ccc(C(=O)NCC3CCCO3)nc2)CC1.